The van der Waals surface area contributed by atoms with Crippen molar-refractivity contribution in [1.82, 2.24) is 9.88 Å². The Labute approximate surface area is 141 Å². The molecule has 1 N–H and O–H groups in total. The maximum atomic E-state index is 13.2. The van der Waals surface area contributed by atoms with Crippen LogP contribution in [-0.2, 0) is 4.79 Å². The van der Waals surface area contributed by atoms with Gasteiger partial charge in [-0.15, -0.1) is 11.3 Å². The number of thiazole rings is 1. The Hall–Kier alpha value is -1.57. The van der Waals surface area contributed by atoms with Crippen molar-refractivity contribution in [2.45, 2.75) is 37.5 Å². The lowest BCUT2D eigenvalue weighted by atomic mass is 9.96. The average molecular weight is 356 g/mol. The van der Waals surface area contributed by atoms with Gasteiger partial charge in [0.15, 0.2) is 0 Å². The first-order valence-electron chi connectivity index (χ1n) is 8.21. The number of rotatable bonds is 3. The zero-order valence-corrected chi connectivity index (χ0v) is 13.8. The van der Waals surface area contributed by atoms with Crippen molar-refractivity contribution < 1.29 is 23.5 Å². The number of aromatic carboxylic acids is 1. The number of carbonyl (C=O) groups excluding carboxylic acids is 1. The van der Waals surface area contributed by atoms with Crippen LogP contribution in [0, 0.1) is 17.8 Å². The summed E-state index contributed by atoms with van der Waals surface area (Å²) in [7, 11) is 0. The van der Waals surface area contributed by atoms with Crippen molar-refractivity contribution in [3.05, 3.63) is 16.1 Å². The summed E-state index contributed by atoms with van der Waals surface area (Å²) in [6.45, 7) is 1.19. The lowest BCUT2D eigenvalue weighted by molar-refractivity contribution is -0.135. The minimum atomic E-state index is -2.58. The van der Waals surface area contributed by atoms with Gasteiger partial charge in [-0.25, -0.2) is 18.6 Å². The number of likely N-dealkylation sites (tertiary alicyclic amines) is 1. The third-order valence-electron chi connectivity index (χ3n) is 5.58. The highest BCUT2D eigenvalue weighted by atomic mass is 32.1. The van der Waals surface area contributed by atoms with Crippen molar-refractivity contribution in [3.8, 4) is 0 Å². The number of aromatic nitrogens is 1. The molecule has 2 saturated carbocycles. The smallest absolute Gasteiger partial charge is 0.347 e. The van der Waals surface area contributed by atoms with E-state index < -0.39 is 11.9 Å². The number of hydrogen-bond acceptors (Lipinski definition) is 4. The number of piperidine rings is 1. The summed E-state index contributed by atoms with van der Waals surface area (Å²) in [6, 6.07) is 0. The molecule has 1 aromatic rings. The maximum Gasteiger partial charge on any atom is 0.347 e. The molecule has 3 atom stereocenters. The molecule has 130 valence electrons. The van der Waals surface area contributed by atoms with E-state index in [1.54, 1.807) is 4.90 Å². The van der Waals surface area contributed by atoms with Crippen LogP contribution in [0.3, 0.4) is 0 Å². The third-order valence-corrected chi connectivity index (χ3v) is 6.72. The topological polar surface area (TPSA) is 70.5 Å². The number of amides is 1. The van der Waals surface area contributed by atoms with Crippen LogP contribution in [0.4, 0.5) is 8.78 Å². The largest absolute Gasteiger partial charge is 0.477 e. The van der Waals surface area contributed by atoms with Gasteiger partial charge >= 0.3 is 5.97 Å². The van der Waals surface area contributed by atoms with Crippen molar-refractivity contribution in [1.29, 1.82) is 0 Å². The quantitative estimate of drug-likeness (QED) is 0.904. The molecule has 3 fully saturated rings. The number of carboxylic acids is 1. The van der Waals surface area contributed by atoms with Gasteiger partial charge < -0.3 is 10.0 Å². The molecule has 0 spiro atoms. The lowest BCUT2D eigenvalue weighted by Gasteiger charge is -2.32. The SMILES string of the molecule is O=C(O)c1cnc(C2CCN(C(=O)C3[C@H]4CC(F)(F)C[C@@H]34)CC2)s1. The number of fused-ring (bicyclic) bond motifs is 1. The van der Waals surface area contributed by atoms with E-state index >= 15 is 0 Å². The molecule has 1 unspecified atom stereocenters. The first-order chi connectivity index (χ1) is 11.4. The number of halogens is 2. The minimum Gasteiger partial charge on any atom is -0.477 e. The van der Waals surface area contributed by atoms with Crippen LogP contribution >= 0.6 is 11.3 Å². The standard InChI is InChI=1S/C16H18F2N2O3S/c17-16(18)5-9-10(6-16)12(9)14(21)20-3-1-8(2-4-20)13-19-7-11(24-13)15(22)23/h7-10,12H,1-6H2,(H,22,23)/t9-,10+,12?. The third kappa shape index (κ3) is 2.70. The molecule has 1 aliphatic heterocycles. The molecule has 2 aliphatic carbocycles. The van der Waals surface area contributed by atoms with E-state index in [2.05, 4.69) is 4.98 Å². The zero-order valence-electron chi connectivity index (χ0n) is 13.0. The highest BCUT2D eigenvalue weighted by Crippen LogP contribution is 2.63. The second kappa shape index (κ2) is 5.47. The van der Waals surface area contributed by atoms with Gasteiger partial charge in [-0.05, 0) is 24.7 Å². The summed E-state index contributed by atoms with van der Waals surface area (Å²) < 4.78 is 26.5. The zero-order chi connectivity index (χ0) is 17.1. The molecular weight excluding hydrogens is 338 g/mol. The first-order valence-corrected chi connectivity index (χ1v) is 9.03. The summed E-state index contributed by atoms with van der Waals surface area (Å²) in [5.41, 5.74) is 0. The van der Waals surface area contributed by atoms with Crippen molar-refractivity contribution in [3.63, 3.8) is 0 Å². The molecule has 4 rings (SSSR count). The summed E-state index contributed by atoms with van der Waals surface area (Å²) in [5, 5.41) is 9.77. The molecule has 0 aromatic carbocycles. The van der Waals surface area contributed by atoms with Gasteiger partial charge in [0.05, 0.1) is 11.2 Å². The molecule has 0 radical (unpaired) electrons. The Balaban J connectivity index is 1.32. The lowest BCUT2D eigenvalue weighted by Crippen LogP contribution is -2.40. The fourth-order valence-corrected chi connectivity index (χ4v) is 5.20. The monoisotopic (exact) mass is 356 g/mol. The number of nitrogens with zero attached hydrogens (tertiary/aromatic N) is 2. The van der Waals surface area contributed by atoms with E-state index in [0.29, 0.717) is 13.1 Å². The van der Waals surface area contributed by atoms with Gasteiger partial charge in [0.1, 0.15) is 4.88 Å². The van der Waals surface area contributed by atoms with E-state index in [4.69, 9.17) is 5.11 Å². The van der Waals surface area contributed by atoms with Crippen LogP contribution in [0.25, 0.3) is 0 Å². The van der Waals surface area contributed by atoms with Gasteiger partial charge in [0.25, 0.3) is 0 Å². The number of carbonyl (C=O) groups is 2. The summed E-state index contributed by atoms with van der Waals surface area (Å²) in [5.74, 6) is -3.78. The van der Waals surface area contributed by atoms with Gasteiger partial charge in [0, 0.05) is 37.8 Å². The van der Waals surface area contributed by atoms with Crippen LogP contribution in [0.2, 0.25) is 0 Å². The number of alkyl halides is 2. The molecule has 2 heterocycles. The molecule has 8 heteroatoms. The van der Waals surface area contributed by atoms with Gasteiger partial charge in [-0.1, -0.05) is 0 Å². The molecule has 1 saturated heterocycles. The Morgan fingerprint density at radius 1 is 1.25 bits per heavy atom. The van der Waals surface area contributed by atoms with Crippen LogP contribution in [0.5, 0.6) is 0 Å². The van der Waals surface area contributed by atoms with E-state index in [1.807, 2.05) is 0 Å². The predicted octanol–water partition coefficient (Wildman–Crippen LogP) is 2.84. The van der Waals surface area contributed by atoms with Gasteiger partial charge in [-0.2, -0.15) is 0 Å². The summed E-state index contributed by atoms with van der Waals surface area (Å²) in [4.78, 5) is 29.7. The Morgan fingerprint density at radius 3 is 2.42 bits per heavy atom. The Morgan fingerprint density at radius 2 is 1.88 bits per heavy atom. The van der Waals surface area contributed by atoms with E-state index in [9.17, 15) is 18.4 Å². The highest BCUT2D eigenvalue weighted by molar-refractivity contribution is 7.13. The normalized spacial score (nSPS) is 31.8. The van der Waals surface area contributed by atoms with Crippen LogP contribution in [0.1, 0.15) is 46.3 Å². The Kier molecular flexibility index (Phi) is 3.63. The molecule has 1 aromatic heterocycles. The Bertz CT molecular complexity index is 671. The van der Waals surface area contributed by atoms with E-state index in [-0.39, 0.29) is 47.3 Å². The molecule has 5 nitrogen and oxygen atoms in total. The van der Waals surface area contributed by atoms with Gasteiger partial charge in [-0.3, -0.25) is 4.79 Å². The predicted molar refractivity (Wildman–Crippen MR) is 82.3 cm³/mol. The average Bonchev–Trinajstić information content (AvgIpc) is 2.93. The first kappa shape index (κ1) is 15.9. The molecule has 3 aliphatic rings. The molecule has 24 heavy (non-hydrogen) atoms. The van der Waals surface area contributed by atoms with Crippen molar-refractivity contribution in [2.75, 3.05) is 13.1 Å². The fourth-order valence-electron chi connectivity index (χ4n) is 4.27. The van der Waals surface area contributed by atoms with Crippen LogP contribution in [-0.4, -0.2) is 45.9 Å². The second-order valence-corrected chi connectivity index (χ2v) is 8.15. The molecular formula is C16H18F2N2O3S. The van der Waals surface area contributed by atoms with Crippen molar-refractivity contribution in [2.24, 2.45) is 17.8 Å². The molecule has 1 amide bonds. The fraction of sp³-hybridized carbons (Fsp3) is 0.688. The van der Waals surface area contributed by atoms with Crippen LogP contribution < -0.4 is 0 Å². The number of carboxylic acid groups (broad SMARTS) is 1. The highest BCUT2D eigenvalue weighted by Gasteiger charge is 2.66. The number of hydrogen-bond donors (Lipinski definition) is 1. The summed E-state index contributed by atoms with van der Waals surface area (Å²) in [6.07, 6.45) is 2.60. The van der Waals surface area contributed by atoms with Crippen LogP contribution in [0.15, 0.2) is 6.20 Å². The summed E-state index contributed by atoms with van der Waals surface area (Å²) >= 11 is 1.19. The van der Waals surface area contributed by atoms with Gasteiger partial charge in [0.2, 0.25) is 11.8 Å². The second-order valence-electron chi connectivity index (χ2n) is 7.09. The van der Waals surface area contributed by atoms with E-state index in [0.717, 1.165) is 17.8 Å². The van der Waals surface area contributed by atoms with E-state index in [1.165, 1.54) is 17.5 Å². The molecule has 0 bridgehead atoms. The minimum absolute atomic E-state index is 0.0318. The maximum absolute atomic E-state index is 13.2. The van der Waals surface area contributed by atoms with Crippen molar-refractivity contribution >= 4 is 23.2 Å².